The van der Waals surface area contributed by atoms with Gasteiger partial charge < -0.3 is 5.32 Å². The van der Waals surface area contributed by atoms with Crippen LogP contribution in [-0.2, 0) is 19.2 Å². The zero-order valence-corrected chi connectivity index (χ0v) is 18.5. The van der Waals surface area contributed by atoms with Gasteiger partial charge in [-0.25, -0.2) is 9.80 Å². The van der Waals surface area contributed by atoms with Crippen LogP contribution in [0.25, 0.3) is 0 Å². The van der Waals surface area contributed by atoms with Crippen LogP contribution in [0.3, 0.4) is 0 Å². The Hall–Kier alpha value is -4.59. The SMILES string of the molecule is C=C(CC(c1ccc(N2C(=O)C=CC2=O)cc1)c1ccc(N2C(=O)C=CC2=O)cc1)NC=NC. The Morgan fingerprint density at radius 3 is 1.53 bits per heavy atom. The maximum atomic E-state index is 12.0. The average molecular weight is 454 g/mol. The van der Waals surface area contributed by atoms with Gasteiger partial charge in [0.1, 0.15) is 0 Å². The summed E-state index contributed by atoms with van der Waals surface area (Å²) in [7, 11) is 1.65. The molecule has 34 heavy (non-hydrogen) atoms. The number of hydrogen-bond acceptors (Lipinski definition) is 5. The van der Waals surface area contributed by atoms with E-state index in [1.54, 1.807) is 37.7 Å². The fraction of sp³-hybridized carbons (Fsp3) is 0.115. The van der Waals surface area contributed by atoms with Gasteiger partial charge in [0.05, 0.1) is 17.7 Å². The molecular weight excluding hydrogens is 432 g/mol. The number of nitrogens with one attached hydrogen (secondary N) is 1. The van der Waals surface area contributed by atoms with E-state index in [4.69, 9.17) is 0 Å². The van der Waals surface area contributed by atoms with Crippen molar-refractivity contribution in [2.24, 2.45) is 4.99 Å². The summed E-state index contributed by atoms with van der Waals surface area (Å²) < 4.78 is 0. The molecule has 0 bridgehead atoms. The van der Waals surface area contributed by atoms with Crippen LogP contribution in [0.1, 0.15) is 23.5 Å². The van der Waals surface area contributed by atoms with Gasteiger partial charge in [0.2, 0.25) is 0 Å². The van der Waals surface area contributed by atoms with Crippen LogP contribution in [0, 0.1) is 0 Å². The Morgan fingerprint density at radius 2 is 1.18 bits per heavy atom. The highest BCUT2D eigenvalue weighted by Crippen LogP contribution is 2.33. The lowest BCUT2D eigenvalue weighted by atomic mass is 9.87. The maximum Gasteiger partial charge on any atom is 0.258 e. The summed E-state index contributed by atoms with van der Waals surface area (Å²) in [6.07, 6.45) is 7.08. The van der Waals surface area contributed by atoms with Crippen molar-refractivity contribution < 1.29 is 19.2 Å². The van der Waals surface area contributed by atoms with Gasteiger partial charge in [0.25, 0.3) is 23.6 Å². The zero-order valence-electron chi connectivity index (χ0n) is 18.5. The molecule has 0 saturated carbocycles. The van der Waals surface area contributed by atoms with Crippen LogP contribution in [-0.4, -0.2) is 37.0 Å². The Balaban J connectivity index is 1.62. The van der Waals surface area contributed by atoms with Gasteiger partial charge >= 0.3 is 0 Å². The maximum absolute atomic E-state index is 12.0. The summed E-state index contributed by atoms with van der Waals surface area (Å²) in [6.45, 7) is 4.07. The number of allylic oxidation sites excluding steroid dienone is 1. The number of imide groups is 2. The minimum Gasteiger partial charge on any atom is -0.351 e. The van der Waals surface area contributed by atoms with Crippen molar-refractivity contribution in [2.75, 3.05) is 16.8 Å². The number of anilines is 2. The summed E-state index contributed by atoms with van der Waals surface area (Å²) in [5.41, 5.74) is 3.61. The molecule has 1 N–H and O–H groups in total. The van der Waals surface area contributed by atoms with Crippen molar-refractivity contribution in [3.63, 3.8) is 0 Å². The Bertz CT molecular complexity index is 1140. The minimum atomic E-state index is -0.373. The number of aliphatic imine (C=N–C) groups is 1. The highest BCUT2D eigenvalue weighted by Gasteiger charge is 2.27. The molecule has 2 aromatic rings. The number of rotatable bonds is 8. The Kier molecular flexibility index (Phi) is 6.31. The van der Waals surface area contributed by atoms with E-state index >= 15 is 0 Å². The standard InChI is InChI=1S/C26H22N4O4/c1-17(28-16-27-2)15-22(18-3-7-20(8-4-18)29-23(31)11-12-24(29)32)19-5-9-21(10-6-19)30-25(33)13-14-26(30)34/h3-14,16,22H,1,15H2,2H3,(H,27,28). The second kappa shape index (κ2) is 9.50. The second-order valence-corrected chi connectivity index (χ2v) is 7.77. The van der Waals surface area contributed by atoms with E-state index in [0.29, 0.717) is 17.8 Å². The number of benzene rings is 2. The van der Waals surface area contributed by atoms with Crippen molar-refractivity contribution in [2.45, 2.75) is 12.3 Å². The van der Waals surface area contributed by atoms with Crippen molar-refractivity contribution in [1.82, 2.24) is 5.32 Å². The van der Waals surface area contributed by atoms with Crippen molar-refractivity contribution in [1.29, 1.82) is 0 Å². The topological polar surface area (TPSA) is 99.2 Å². The summed E-state index contributed by atoms with van der Waals surface area (Å²) in [6, 6.07) is 14.4. The fourth-order valence-corrected chi connectivity index (χ4v) is 3.91. The molecule has 0 radical (unpaired) electrons. The molecule has 2 heterocycles. The molecule has 0 aliphatic carbocycles. The molecule has 8 heteroatoms. The van der Waals surface area contributed by atoms with E-state index in [1.165, 1.54) is 24.3 Å². The minimum absolute atomic E-state index is 0.125. The molecule has 0 spiro atoms. The predicted octanol–water partition coefficient (Wildman–Crippen LogP) is 2.83. The smallest absolute Gasteiger partial charge is 0.258 e. The van der Waals surface area contributed by atoms with Crippen LogP contribution in [0.2, 0.25) is 0 Å². The molecular formula is C26H22N4O4. The van der Waals surface area contributed by atoms with Crippen LogP contribution in [0.4, 0.5) is 11.4 Å². The molecule has 8 nitrogen and oxygen atoms in total. The normalized spacial score (nSPS) is 15.5. The number of nitrogens with zero attached hydrogens (tertiary/aromatic N) is 3. The first-order valence-corrected chi connectivity index (χ1v) is 10.6. The van der Waals surface area contributed by atoms with Gasteiger partial charge in [0.15, 0.2) is 0 Å². The van der Waals surface area contributed by atoms with Crippen LogP contribution in [0.15, 0.2) is 90.1 Å². The molecule has 0 atom stereocenters. The van der Waals surface area contributed by atoms with E-state index in [-0.39, 0.29) is 29.5 Å². The first-order valence-electron chi connectivity index (χ1n) is 10.6. The van der Waals surface area contributed by atoms with Crippen LogP contribution >= 0.6 is 0 Å². The van der Waals surface area contributed by atoms with Gasteiger partial charge in [-0.05, 0) is 41.8 Å². The number of hydrogen-bond donors (Lipinski definition) is 1. The number of amides is 4. The Labute approximate surface area is 196 Å². The van der Waals surface area contributed by atoms with E-state index < -0.39 is 0 Å². The fourth-order valence-electron chi connectivity index (χ4n) is 3.91. The zero-order chi connectivity index (χ0) is 24.2. The summed E-state index contributed by atoms with van der Waals surface area (Å²) in [5, 5.41) is 3.04. The van der Waals surface area contributed by atoms with Crippen molar-refractivity contribution in [3.8, 4) is 0 Å². The highest BCUT2D eigenvalue weighted by molar-refractivity contribution is 6.28. The van der Waals surface area contributed by atoms with E-state index in [1.807, 2.05) is 24.3 Å². The highest BCUT2D eigenvalue weighted by atomic mass is 16.2. The molecule has 0 saturated heterocycles. The summed E-state index contributed by atoms with van der Waals surface area (Å²) >= 11 is 0. The molecule has 2 aliphatic rings. The molecule has 0 aromatic heterocycles. The first kappa shape index (κ1) is 22.6. The quantitative estimate of drug-likeness (QED) is 0.376. The second-order valence-electron chi connectivity index (χ2n) is 7.77. The summed E-state index contributed by atoms with van der Waals surface area (Å²) in [5.74, 6) is -1.62. The molecule has 170 valence electrons. The molecule has 4 rings (SSSR count). The molecule has 0 unspecified atom stereocenters. The van der Waals surface area contributed by atoms with Crippen LogP contribution < -0.4 is 15.1 Å². The van der Waals surface area contributed by atoms with Gasteiger partial charge in [-0.15, -0.1) is 0 Å². The first-order chi connectivity index (χ1) is 16.4. The van der Waals surface area contributed by atoms with Crippen molar-refractivity contribution >= 4 is 41.3 Å². The van der Waals surface area contributed by atoms with E-state index in [2.05, 4.69) is 16.9 Å². The third-order valence-corrected chi connectivity index (χ3v) is 5.57. The number of carbonyl (C=O) groups is 4. The lowest BCUT2D eigenvalue weighted by Crippen LogP contribution is -2.29. The van der Waals surface area contributed by atoms with Crippen LogP contribution in [0.5, 0.6) is 0 Å². The monoisotopic (exact) mass is 454 g/mol. The lowest BCUT2D eigenvalue weighted by molar-refractivity contribution is -0.121. The molecule has 0 fully saturated rings. The van der Waals surface area contributed by atoms with Gasteiger partial charge in [-0.1, -0.05) is 30.8 Å². The molecule has 2 aromatic carbocycles. The number of carbonyl (C=O) groups excluding carboxylic acids is 4. The predicted molar refractivity (Wildman–Crippen MR) is 129 cm³/mol. The third-order valence-electron chi connectivity index (χ3n) is 5.57. The van der Waals surface area contributed by atoms with Crippen molar-refractivity contribution in [3.05, 3.63) is 96.2 Å². The third kappa shape index (κ3) is 4.47. The Morgan fingerprint density at radius 1 is 0.794 bits per heavy atom. The average Bonchev–Trinajstić information content (AvgIpc) is 3.36. The molecule has 4 amide bonds. The largest absolute Gasteiger partial charge is 0.351 e. The lowest BCUT2D eigenvalue weighted by Gasteiger charge is -2.22. The molecule has 2 aliphatic heterocycles. The summed E-state index contributed by atoms with van der Waals surface area (Å²) in [4.78, 5) is 54.1. The van der Waals surface area contributed by atoms with E-state index in [9.17, 15) is 19.2 Å². The van der Waals surface area contributed by atoms with Gasteiger partial charge in [0, 0.05) is 43.0 Å². The van der Waals surface area contributed by atoms with E-state index in [0.717, 1.165) is 26.6 Å². The van der Waals surface area contributed by atoms with Gasteiger partial charge in [-0.2, -0.15) is 0 Å². The van der Waals surface area contributed by atoms with Gasteiger partial charge in [-0.3, -0.25) is 24.2 Å².